The standard InChI is InChI=1S/C10H20N2O4S/c1-7(4-5-17(3)16)11-10(15)12-8(2)6-9(13)14/h7-8H,4-6H2,1-3H3,(H,13,14)(H2,11,12,15). The van der Waals surface area contributed by atoms with Crippen molar-refractivity contribution in [3.8, 4) is 0 Å². The van der Waals surface area contributed by atoms with Crippen molar-refractivity contribution in [2.45, 2.75) is 38.8 Å². The molecule has 0 aliphatic carbocycles. The number of amides is 2. The monoisotopic (exact) mass is 264 g/mol. The molecule has 0 saturated carbocycles. The van der Waals surface area contributed by atoms with Gasteiger partial charge in [0.05, 0.1) is 6.42 Å². The van der Waals surface area contributed by atoms with Crippen molar-refractivity contribution in [3.05, 3.63) is 0 Å². The first-order valence-electron chi connectivity index (χ1n) is 5.40. The van der Waals surface area contributed by atoms with E-state index in [-0.39, 0.29) is 12.5 Å². The maximum absolute atomic E-state index is 11.4. The zero-order valence-electron chi connectivity index (χ0n) is 10.4. The highest BCUT2D eigenvalue weighted by atomic mass is 32.2. The topological polar surface area (TPSA) is 95.5 Å². The van der Waals surface area contributed by atoms with Gasteiger partial charge >= 0.3 is 12.0 Å². The van der Waals surface area contributed by atoms with Gasteiger partial charge in [-0.05, 0) is 20.3 Å². The summed E-state index contributed by atoms with van der Waals surface area (Å²) >= 11 is 0. The highest BCUT2D eigenvalue weighted by molar-refractivity contribution is 7.84. The van der Waals surface area contributed by atoms with Crippen molar-refractivity contribution in [2.75, 3.05) is 12.0 Å². The number of rotatable bonds is 7. The van der Waals surface area contributed by atoms with E-state index in [1.165, 1.54) is 0 Å². The fourth-order valence-electron chi connectivity index (χ4n) is 1.22. The molecule has 2 amide bonds. The highest BCUT2D eigenvalue weighted by Gasteiger charge is 2.12. The minimum atomic E-state index is -0.952. The number of carbonyl (C=O) groups excluding carboxylic acids is 1. The minimum Gasteiger partial charge on any atom is -0.481 e. The number of hydrogen-bond donors (Lipinski definition) is 3. The maximum atomic E-state index is 11.4. The molecule has 0 aromatic heterocycles. The third-order valence-electron chi connectivity index (χ3n) is 2.07. The second kappa shape index (κ2) is 8.05. The molecule has 0 saturated heterocycles. The van der Waals surface area contributed by atoms with Gasteiger partial charge in [-0.3, -0.25) is 9.00 Å². The SMILES string of the molecule is CC(CCS(C)=O)NC(=O)NC(C)CC(=O)O. The molecule has 7 heteroatoms. The molecule has 0 aromatic rings. The van der Waals surface area contributed by atoms with Gasteiger partial charge in [0.2, 0.25) is 0 Å². The molecular formula is C10H20N2O4S. The maximum Gasteiger partial charge on any atom is 0.315 e. The van der Waals surface area contributed by atoms with Gasteiger partial charge in [-0.25, -0.2) is 4.79 Å². The van der Waals surface area contributed by atoms with E-state index < -0.39 is 28.8 Å². The lowest BCUT2D eigenvalue weighted by Gasteiger charge is -2.16. The Morgan fingerprint density at radius 1 is 1.24 bits per heavy atom. The lowest BCUT2D eigenvalue weighted by atomic mass is 10.2. The van der Waals surface area contributed by atoms with Gasteiger partial charge in [0.15, 0.2) is 0 Å². The molecule has 0 rings (SSSR count). The molecule has 6 nitrogen and oxygen atoms in total. The number of urea groups is 1. The smallest absolute Gasteiger partial charge is 0.315 e. The van der Waals surface area contributed by atoms with Crippen molar-refractivity contribution in [2.24, 2.45) is 0 Å². The van der Waals surface area contributed by atoms with Crippen LogP contribution in [-0.4, -0.2) is 45.4 Å². The van der Waals surface area contributed by atoms with E-state index in [0.29, 0.717) is 12.2 Å². The van der Waals surface area contributed by atoms with Crippen molar-refractivity contribution in [1.29, 1.82) is 0 Å². The first-order chi connectivity index (χ1) is 7.81. The summed E-state index contributed by atoms with van der Waals surface area (Å²) < 4.78 is 10.9. The highest BCUT2D eigenvalue weighted by Crippen LogP contribution is 1.94. The Balaban J connectivity index is 3.84. The molecule has 0 aliphatic heterocycles. The van der Waals surface area contributed by atoms with Gasteiger partial charge in [0.1, 0.15) is 0 Å². The lowest BCUT2D eigenvalue weighted by molar-refractivity contribution is -0.137. The second-order valence-electron chi connectivity index (χ2n) is 4.08. The van der Waals surface area contributed by atoms with Crippen LogP contribution in [0.1, 0.15) is 26.7 Å². The number of carboxylic acids is 1. The Hall–Kier alpha value is -1.11. The van der Waals surface area contributed by atoms with Crippen molar-refractivity contribution in [1.82, 2.24) is 10.6 Å². The van der Waals surface area contributed by atoms with Gasteiger partial charge in [0, 0.05) is 34.9 Å². The average molecular weight is 264 g/mol. The van der Waals surface area contributed by atoms with E-state index in [2.05, 4.69) is 10.6 Å². The predicted molar refractivity (Wildman–Crippen MR) is 66.4 cm³/mol. The van der Waals surface area contributed by atoms with Crippen LogP contribution in [0.3, 0.4) is 0 Å². The van der Waals surface area contributed by atoms with Crippen LogP contribution in [0.4, 0.5) is 4.79 Å². The molecule has 0 radical (unpaired) electrons. The van der Waals surface area contributed by atoms with E-state index in [1.54, 1.807) is 13.2 Å². The normalized spacial score (nSPS) is 15.7. The summed E-state index contributed by atoms with van der Waals surface area (Å²) in [5.41, 5.74) is 0. The summed E-state index contributed by atoms with van der Waals surface area (Å²) in [6.07, 6.45) is 2.13. The largest absolute Gasteiger partial charge is 0.481 e. The van der Waals surface area contributed by atoms with E-state index in [9.17, 15) is 13.8 Å². The van der Waals surface area contributed by atoms with Gasteiger partial charge in [-0.15, -0.1) is 0 Å². The number of carboxylic acid groups (broad SMARTS) is 1. The first kappa shape index (κ1) is 15.9. The van der Waals surface area contributed by atoms with E-state index in [4.69, 9.17) is 5.11 Å². The Morgan fingerprint density at radius 3 is 2.24 bits per heavy atom. The van der Waals surface area contributed by atoms with E-state index in [1.807, 2.05) is 6.92 Å². The molecular weight excluding hydrogens is 244 g/mol. The van der Waals surface area contributed by atoms with Crippen LogP contribution in [0, 0.1) is 0 Å². The van der Waals surface area contributed by atoms with Crippen LogP contribution in [0.15, 0.2) is 0 Å². The fraction of sp³-hybridized carbons (Fsp3) is 0.800. The first-order valence-corrected chi connectivity index (χ1v) is 7.12. The molecule has 3 N–H and O–H groups in total. The molecule has 0 aromatic carbocycles. The molecule has 0 heterocycles. The van der Waals surface area contributed by atoms with E-state index >= 15 is 0 Å². The fourth-order valence-corrected chi connectivity index (χ4v) is 1.90. The van der Waals surface area contributed by atoms with Crippen LogP contribution >= 0.6 is 0 Å². The molecule has 100 valence electrons. The number of nitrogens with one attached hydrogen (secondary N) is 2. The molecule has 0 bridgehead atoms. The molecule has 0 fully saturated rings. The summed E-state index contributed by atoms with van der Waals surface area (Å²) in [5.74, 6) is -0.418. The molecule has 0 aliphatic rings. The van der Waals surface area contributed by atoms with Crippen LogP contribution < -0.4 is 10.6 Å². The second-order valence-corrected chi connectivity index (χ2v) is 5.64. The Morgan fingerprint density at radius 2 is 1.76 bits per heavy atom. The summed E-state index contributed by atoms with van der Waals surface area (Å²) in [4.78, 5) is 21.8. The molecule has 3 unspecified atom stereocenters. The van der Waals surface area contributed by atoms with Gasteiger partial charge in [0.25, 0.3) is 0 Å². The Kier molecular flexibility index (Phi) is 7.53. The zero-order valence-corrected chi connectivity index (χ0v) is 11.2. The Bertz CT molecular complexity index is 296. The minimum absolute atomic E-state index is 0.0871. The number of aliphatic carboxylic acids is 1. The summed E-state index contributed by atoms with van der Waals surface area (Å²) in [5, 5.41) is 13.7. The molecule has 0 spiro atoms. The molecule has 17 heavy (non-hydrogen) atoms. The van der Waals surface area contributed by atoms with Crippen molar-refractivity contribution in [3.63, 3.8) is 0 Å². The quantitative estimate of drug-likeness (QED) is 0.616. The van der Waals surface area contributed by atoms with Crippen LogP contribution in [-0.2, 0) is 15.6 Å². The van der Waals surface area contributed by atoms with Crippen molar-refractivity contribution < 1.29 is 18.9 Å². The predicted octanol–water partition coefficient (Wildman–Crippen LogP) is 0.306. The van der Waals surface area contributed by atoms with Crippen LogP contribution in [0.5, 0.6) is 0 Å². The number of carbonyl (C=O) groups is 2. The third-order valence-corrected chi connectivity index (χ3v) is 2.88. The van der Waals surface area contributed by atoms with Gasteiger partial charge in [-0.1, -0.05) is 0 Å². The zero-order chi connectivity index (χ0) is 13.4. The van der Waals surface area contributed by atoms with Gasteiger partial charge < -0.3 is 15.7 Å². The summed E-state index contributed by atoms with van der Waals surface area (Å²) in [6.45, 7) is 3.44. The average Bonchev–Trinajstić information content (AvgIpc) is 2.12. The van der Waals surface area contributed by atoms with Crippen molar-refractivity contribution >= 4 is 22.8 Å². The molecule has 3 atom stereocenters. The van der Waals surface area contributed by atoms with Crippen LogP contribution in [0.25, 0.3) is 0 Å². The Labute approximate surface area is 104 Å². The third kappa shape index (κ3) is 9.80. The lowest BCUT2D eigenvalue weighted by Crippen LogP contribution is -2.45. The number of hydrogen-bond acceptors (Lipinski definition) is 3. The van der Waals surface area contributed by atoms with Gasteiger partial charge in [-0.2, -0.15) is 0 Å². The van der Waals surface area contributed by atoms with E-state index in [0.717, 1.165) is 0 Å². The summed E-state index contributed by atoms with van der Waals surface area (Å²) in [7, 11) is -0.869. The van der Waals surface area contributed by atoms with Crippen LogP contribution in [0.2, 0.25) is 0 Å². The summed E-state index contributed by atoms with van der Waals surface area (Å²) in [6, 6.07) is -0.899.